The normalized spacial score (nSPS) is 12.1. The maximum atomic E-state index is 12.9. The fourth-order valence-electron chi connectivity index (χ4n) is 3.79. The molecule has 0 fully saturated rings. The van der Waals surface area contributed by atoms with E-state index in [1.807, 2.05) is 43.3 Å². The monoisotopic (exact) mass is 442 g/mol. The zero-order valence-corrected chi connectivity index (χ0v) is 18.3. The first-order chi connectivity index (χ1) is 16.1. The van der Waals surface area contributed by atoms with Gasteiger partial charge in [0.15, 0.2) is 5.82 Å². The van der Waals surface area contributed by atoms with Crippen molar-refractivity contribution in [1.29, 1.82) is 0 Å². The van der Waals surface area contributed by atoms with E-state index in [1.165, 1.54) is 0 Å². The summed E-state index contributed by atoms with van der Waals surface area (Å²) in [6.45, 7) is 1.89. The number of hydrogen-bond donors (Lipinski definition) is 3. The topological polar surface area (TPSA) is 118 Å². The van der Waals surface area contributed by atoms with Crippen molar-refractivity contribution in [3.8, 4) is 22.8 Å². The molecule has 0 spiro atoms. The molecule has 3 N–H and O–H groups in total. The third kappa shape index (κ3) is 3.84. The van der Waals surface area contributed by atoms with E-state index in [9.17, 15) is 4.79 Å². The molecule has 0 aliphatic rings. The van der Waals surface area contributed by atoms with Crippen LogP contribution in [-0.2, 0) is 0 Å². The molecule has 0 bridgehead atoms. The summed E-state index contributed by atoms with van der Waals surface area (Å²) < 4.78 is 10.7. The summed E-state index contributed by atoms with van der Waals surface area (Å²) in [5, 5.41) is 11.4. The third-order valence-electron chi connectivity index (χ3n) is 5.55. The van der Waals surface area contributed by atoms with Gasteiger partial charge in [0.25, 0.3) is 5.91 Å². The lowest BCUT2D eigenvalue weighted by molar-refractivity contribution is 0.0930. The van der Waals surface area contributed by atoms with E-state index in [4.69, 9.17) is 9.47 Å². The number of fused-ring (bicyclic) bond motifs is 2. The highest BCUT2D eigenvalue weighted by molar-refractivity contribution is 6.02. The first-order valence-corrected chi connectivity index (χ1v) is 10.4. The van der Waals surface area contributed by atoms with Crippen LogP contribution >= 0.6 is 0 Å². The standard InChI is InChI=1S/C24H22N6O3/c1-13(15-8-16(32-2)10-17(9-15)33-3)26-24(31)23-27-20-11-18-19(12-21(20)28-23)29-30-22(18)14-4-6-25-7-5-14/h4-13H,1-3H3,(H,26,31)(H,27,28)(H,29,30). The molecule has 3 aromatic heterocycles. The number of pyridine rings is 1. The van der Waals surface area contributed by atoms with Gasteiger partial charge in [0.1, 0.15) is 17.2 Å². The van der Waals surface area contributed by atoms with E-state index in [1.54, 1.807) is 32.7 Å². The van der Waals surface area contributed by atoms with E-state index < -0.39 is 0 Å². The summed E-state index contributed by atoms with van der Waals surface area (Å²) in [5.74, 6) is 1.24. The Bertz CT molecular complexity index is 1440. The van der Waals surface area contributed by atoms with Crippen LogP contribution in [0.1, 0.15) is 29.1 Å². The SMILES string of the molecule is COc1cc(OC)cc(C(C)NC(=O)c2nc3cc4c(-c5ccncc5)n[nH]c4cc3[nH]2)c1. The molecule has 2 aromatic carbocycles. The van der Waals surface area contributed by atoms with E-state index >= 15 is 0 Å². The van der Waals surface area contributed by atoms with Crippen molar-refractivity contribution in [3.05, 3.63) is 66.2 Å². The lowest BCUT2D eigenvalue weighted by Gasteiger charge is -2.15. The number of rotatable bonds is 6. The number of carbonyl (C=O) groups is 1. The molecule has 1 unspecified atom stereocenters. The van der Waals surface area contributed by atoms with Gasteiger partial charge < -0.3 is 19.8 Å². The second-order valence-corrected chi connectivity index (χ2v) is 7.65. The molecule has 9 heteroatoms. The van der Waals surface area contributed by atoms with Gasteiger partial charge in [-0.2, -0.15) is 5.10 Å². The lowest BCUT2D eigenvalue weighted by Crippen LogP contribution is -2.27. The van der Waals surface area contributed by atoms with E-state index in [-0.39, 0.29) is 17.8 Å². The minimum absolute atomic E-state index is 0.234. The van der Waals surface area contributed by atoms with E-state index in [0.717, 1.165) is 33.2 Å². The molecule has 0 saturated carbocycles. The van der Waals surface area contributed by atoms with Gasteiger partial charge in [-0.1, -0.05) is 0 Å². The van der Waals surface area contributed by atoms with Gasteiger partial charge in [-0.3, -0.25) is 14.9 Å². The molecule has 0 aliphatic heterocycles. The van der Waals surface area contributed by atoms with Crippen molar-refractivity contribution in [3.63, 3.8) is 0 Å². The molecule has 5 rings (SSSR count). The minimum Gasteiger partial charge on any atom is -0.497 e. The van der Waals surface area contributed by atoms with Crippen LogP contribution in [0.2, 0.25) is 0 Å². The van der Waals surface area contributed by atoms with Crippen molar-refractivity contribution in [2.24, 2.45) is 0 Å². The zero-order valence-electron chi connectivity index (χ0n) is 18.3. The highest BCUT2D eigenvalue weighted by atomic mass is 16.5. The Hall–Kier alpha value is -4.40. The molecule has 0 saturated heterocycles. The number of aromatic amines is 2. The Morgan fingerprint density at radius 1 is 1.00 bits per heavy atom. The van der Waals surface area contributed by atoms with Gasteiger partial charge in [0, 0.05) is 29.4 Å². The Kier molecular flexibility index (Phi) is 5.14. The summed E-state index contributed by atoms with van der Waals surface area (Å²) in [6.07, 6.45) is 3.45. The number of aromatic nitrogens is 5. The zero-order chi connectivity index (χ0) is 22.9. The van der Waals surface area contributed by atoms with Crippen molar-refractivity contribution in [1.82, 2.24) is 30.5 Å². The predicted octanol–water partition coefficient (Wildman–Crippen LogP) is 4.01. The summed E-state index contributed by atoms with van der Waals surface area (Å²) in [6, 6.07) is 12.9. The van der Waals surface area contributed by atoms with Crippen molar-refractivity contribution in [2.45, 2.75) is 13.0 Å². The molecule has 33 heavy (non-hydrogen) atoms. The average molecular weight is 442 g/mol. The Morgan fingerprint density at radius 3 is 2.42 bits per heavy atom. The summed E-state index contributed by atoms with van der Waals surface area (Å²) in [7, 11) is 3.18. The number of methoxy groups -OCH3 is 2. The van der Waals surface area contributed by atoms with Crippen LogP contribution in [0.25, 0.3) is 33.2 Å². The maximum Gasteiger partial charge on any atom is 0.287 e. The molecule has 0 radical (unpaired) electrons. The van der Waals surface area contributed by atoms with E-state index in [0.29, 0.717) is 17.0 Å². The van der Waals surface area contributed by atoms with Gasteiger partial charge in [0.2, 0.25) is 0 Å². The van der Waals surface area contributed by atoms with Crippen LogP contribution in [0.5, 0.6) is 11.5 Å². The van der Waals surface area contributed by atoms with Crippen molar-refractivity contribution >= 4 is 27.8 Å². The van der Waals surface area contributed by atoms with Crippen LogP contribution in [0.15, 0.2) is 54.9 Å². The fraction of sp³-hybridized carbons (Fsp3) is 0.167. The number of imidazole rings is 1. The van der Waals surface area contributed by atoms with Crippen molar-refractivity contribution in [2.75, 3.05) is 14.2 Å². The van der Waals surface area contributed by atoms with Crippen LogP contribution in [0, 0.1) is 0 Å². The number of ether oxygens (including phenoxy) is 2. The van der Waals surface area contributed by atoms with Crippen LogP contribution in [0.3, 0.4) is 0 Å². The largest absolute Gasteiger partial charge is 0.497 e. The number of nitrogens with zero attached hydrogens (tertiary/aromatic N) is 3. The smallest absolute Gasteiger partial charge is 0.287 e. The first kappa shape index (κ1) is 20.5. The minimum atomic E-state index is -0.309. The molecule has 1 amide bonds. The second-order valence-electron chi connectivity index (χ2n) is 7.65. The van der Waals surface area contributed by atoms with Gasteiger partial charge >= 0.3 is 0 Å². The van der Waals surface area contributed by atoms with E-state index in [2.05, 4.69) is 30.5 Å². The third-order valence-corrected chi connectivity index (χ3v) is 5.55. The predicted molar refractivity (Wildman–Crippen MR) is 124 cm³/mol. The highest BCUT2D eigenvalue weighted by Gasteiger charge is 2.18. The molecule has 0 aliphatic carbocycles. The molecule has 1 atom stereocenters. The summed E-state index contributed by atoms with van der Waals surface area (Å²) in [5.41, 5.74) is 4.89. The average Bonchev–Trinajstić information content (AvgIpc) is 3.46. The number of hydrogen-bond acceptors (Lipinski definition) is 6. The molecular weight excluding hydrogens is 420 g/mol. The Labute approximate surface area is 189 Å². The fourth-order valence-corrected chi connectivity index (χ4v) is 3.79. The van der Waals surface area contributed by atoms with Crippen LogP contribution in [0.4, 0.5) is 0 Å². The highest BCUT2D eigenvalue weighted by Crippen LogP contribution is 2.29. The number of nitrogens with one attached hydrogen (secondary N) is 3. The van der Waals surface area contributed by atoms with Gasteiger partial charge in [-0.25, -0.2) is 4.98 Å². The Balaban J connectivity index is 1.43. The number of benzene rings is 2. The molecule has 166 valence electrons. The lowest BCUT2D eigenvalue weighted by atomic mass is 10.1. The quantitative estimate of drug-likeness (QED) is 0.366. The number of carbonyl (C=O) groups excluding carboxylic acids is 1. The maximum absolute atomic E-state index is 12.9. The number of H-pyrrole nitrogens is 2. The second kappa shape index (κ2) is 8.27. The molecular formula is C24H22N6O3. The molecule has 3 heterocycles. The molecule has 9 nitrogen and oxygen atoms in total. The number of amides is 1. The summed E-state index contributed by atoms with van der Waals surface area (Å²) in [4.78, 5) is 24.6. The molecule has 5 aromatic rings. The van der Waals surface area contributed by atoms with Crippen molar-refractivity contribution < 1.29 is 14.3 Å². The van der Waals surface area contributed by atoms with Gasteiger partial charge in [-0.15, -0.1) is 0 Å². The van der Waals surface area contributed by atoms with Gasteiger partial charge in [0.05, 0.1) is 36.8 Å². The first-order valence-electron chi connectivity index (χ1n) is 10.4. The van der Waals surface area contributed by atoms with Crippen LogP contribution < -0.4 is 14.8 Å². The Morgan fingerprint density at radius 2 is 1.73 bits per heavy atom. The summed E-state index contributed by atoms with van der Waals surface area (Å²) >= 11 is 0. The van der Waals surface area contributed by atoms with Gasteiger partial charge in [-0.05, 0) is 48.9 Å². The van der Waals surface area contributed by atoms with Crippen LogP contribution in [-0.4, -0.2) is 45.3 Å².